The number of nitrogens with one attached hydrogen (secondary N) is 1. The third-order valence-corrected chi connectivity index (χ3v) is 2.63. The minimum absolute atomic E-state index is 0.280. The van der Waals surface area contributed by atoms with Crippen molar-refractivity contribution >= 4 is 0 Å². The number of aromatic nitrogens is 2. The zero-order valence-corrected chi connectivity index (χ0v) is 10.2. The van der Waals surface area contributed by atoms with E-state index in [1.807, 2.05) is 13.1 Å². The van der Waals surface area contributed by atoms with Crippen LogP contribution in [0.1, 0.15) is 18.2 Å². The van der Waals surface area contributed by atoms with Crippen molar-refractivity contribution < 1.29 is 8.78 Å². The molecule has 0 aliphatic carbocycles. The van der Waals surface area contributed by atoms with Gasteiger partial charge in [0.15, 0.2) is 11.6 Å². The van der Waals surface area contributed by atoms with Crippen LogP contribution in [0.4, 0.5) is 8.78 Å². The number of hydrogen-bond donors (Lipinski definition) is 1. The molecule has 18 heavy (non-hydrogen) atoms. The van der Waals surface area contributed by atoms with E-state index in [2.05, 4.69) is 10.3 Å². The van der Waals surface area contributed by atoms with Gasteiger partial charge in [0, 0.05) is 18.3 Å². The van der Waals surface area contributed by atoms with Crippen molar-refractivity contribution in [1.29, 1.82) is 0 Å². The maximum atomic E-state index is 13.5. The van der Waals surface area contributed by atoms with Crippen molar-refractivity contribution in [2.75, 3.05) is 6.54 Å². The number of halogens is 2. The second-order valence-electron chi connectivity index (χ2n) is 4.03. The van der Waals surface area contributed by atoms with E-state index in [0.29, 0.717) is 12.1 Å². The van der Waals surface area contributed by atoms with Crippen molar-refractivity contribution in [3.05, 3.63) is 53.6 Å². The number of hydrogen-bond acceptors (Lipinski definition) is 2. The molecule has 2 aromatic rings. The Labute approximate surface area is 104 Å². The summed E-state index contributed by atoms with van der Waals surface area (Å²) in [6.07, 6.45) is 3.45. The summed E-state index contributed by atoms with van der Waals surface area (Å²) in [6.45, 7) is 3.84. The molecule has 0 bridgehead atoms. The Bertz CT molecular complexity index is 523. The van der Waals surface area contributed by atoms with Gasteiger partial charge in [-0.1, -0.05) is 19.1 Å². The van der Waals surface area contributed by atoms with Crippen LogP contribution in [0.3, 0.4) is 0 Å². The third-order valence-electron chi connectivity index (χ3n) is 2.63. The first-order valence-corrected chi connectivity index (χ1v) is 5.85. The standard InChI is InChI=1S/C13H15F2N3/c1-2-16-6-11-8-18(9-17-11)7-10-4-3-5-12(14)13(10)15/h3-5,8-9,16H,2,6-7H2,1H3. The van der Waals surface area contributed by atoms with Crippen LogP contribution in [0.25, 0.3) is 0 Å². The SMILES string of the molecule is CCNCc1cn(Cc2cccc(F)c2F)cn1. The lowest BCUT2D eigenvalue weighted by molar-refractivity contribution is 0.495. The van der Waals surface area contributed by atoms with Crippen molar-refractivity contribution in [2.45, 2.75) is 20.0 Å². The first kappa shape index (κ1) is 12.7. The molecule has 1 aromatic heterocycles. The van der Waals surface area contributed by atoms with Crippen LogP contribution < -0.4 is 5.32 Å². The molecule has 0 aliphatic rings. The summed E-state index contributed by atoms with van der Waals surface area (Å²) in [4.78, 5) is 4.19. The lowest BCUT2D eigenvalue weighted by atomic mass is 10.2. The number of nitrogens with zero attached hydrogens (tertiary/aromatic N) is 2. The van der Waals surface area contributed by atoms with E-state index in [-0.39, 0.29) is 6.54 Å². The van der Waals surface area contributed by atoms with Gasteiger partial charge in [0.1, 0.15) is 0 Å². The fourth-order valence-corrected chi connectivity index (χ4v) is 1.70. The molecule has 0 saturated heterocycles. The molecular weight excluding hydrogens is 236 g/mol. The first-order valence-electron chi connectivity index (χ1n) is 5.85. The Morgan fingerprint density at radius 2 is 2.17 bits per heavy atom. The second kappa shape index (κ2) is 5.73. The third kappa shape index (κ3) is 2.92. The summed E-state index contributed by atoms with van der Waals surface area (Å²) in [5, 5.41) is 3.15. The average molecular weight is 251 g/mol. The Morgan fingerprint density at radius 3 is 2.94 bits per heavy atom. The van der Waals surface area contributed by atoms with Crippen LogP contribution in [0.2, 0.25) is 0 Å². The van der Waals surface area contributed by atoms with Crippen molar-refractivity contribution in [1.82, 2.24) is 14.9 Å². The molecule has 0 amide bonds. The first-order chi connectivity index (χ1) is 8.70. The maximum Gasteiger partial charge on any atom is 0.163 e. The molecule has 1 aromatic carbocycles. The molecule has 0 atom stereocenters. The molecule has 2 rings (SSSR count). The topological polar surface area (TPSA) is 29.9 Å². The Kier molecular flexibility index (Phi) is 4.04. The monoisotopic (exact) mass is 251 g/mol. The van der Waals surface area contributed by atoms with E-state index in [1.165, 1.54) is 6.07 Å². The molecule has 0 saturated carbocycles. The fraction of sp³-hybridized carbons (Fsp3) is 0.308. The average Bonchev–Trinajstić information content (AvgIpc) is 2.80. The molecule has 0 fully saturated rings. The van der Waals surface area contributed by atoms with Gasteiger partial charge in [-0.2, -0.15) is 0 Å². The molecule has 3 nitrogen and oxygen atoms in total. The van der Waals surface area contributed by atoms with Gasteiger partial charge in [-0.15, -0.1) is 0 Å². The summed E-state index contributed by atoms with van der Waals surface area (Å²) < 4.78 is 28.3. The van der Waals surface area contributed by atoms with Crippen molar-refractivity contribution in [3.8, 4) is 0 Å². The van der Waals surface area contributed by atoms with E-state index in [9.17, 15) is 8.78 Å². The minimum Gasteiger partial charge on any atom is -0.333 e. The highest BCUT2D eigenvalue weighted by Gasteiger charge is 2.08. The van der Waals surface area contributed by atoms with Gasteiger partial charge < -0.3 is 9.88 Å². The fourth-order valence-electron chi connectivity index (χ4n) is 1.70. The number of rotatable bonds is 5. The van der Waals surface area contributed by atoms with Gasteiger partial charge in [-0.25, -0.2) is 13.8 Å². The Morgan fingerprint density at radius 1 is 1.33 bits per heavy atom. The van der Waals surface area contributed by atoms with E-state index >= 15 is 0 Å². The van der Waals surface area contributed by atoms with Crippen LogP contribution in [-0.4, -0.2) is 16.1 Å². The molecule has 0 spiro atoms. The smallest absolute Gasteiger partial charge is 0.163 e. The highest BCUT2D eigenvalue weighted by atomic mass is 19.2. The largest absolute Gasteiger partial charge is 0.333 e. The van der Waals surface area contributed by atoms with Crippen LogP contribution in [0, 0.1) is 11.6 Å². The molecular formula is C13H15F2N3. The maximum absolute atomic E-state index is 13.5. The van der Waals surface area contributed by atoms with Crippen LogP contribution in [0.15, 0.2) is 30.7 Å². The van der Waals surface area contributed by atoms with Gasteiger partial charge in [-0.3, -0.25) is 0 Å². The Hall–Kier alpha value is -1.75. The van der Waals surface area contributed by atoms with Gasteiger partial charge in [0.2, 0.25) is 0 Å². The van der Waals surface area contributed by atoms with Crippen LogP contribution >= 0.6 is 0 Å². The second-order valence-corrected chi connectivity index (χ2v) is 4.03. The summed E-state index contributed by atoms with van der Waals surface area (Å²) in [6, 6.07) is 4.19. The van der Waals surface area contributed by atoms with E-state index in [4.69, 9.17) is 0 Å². The highest BCUT2D eigenvalue weighted by molar-refractivity contribution is 5.19. The molecule has 96 valence electrons. The summed E-state index contributed by atoms with van der Waals surface area (Å²) in [7, 11) is 0. The predicted octanol–water partition coefficient (Wildman–Crippen LogP) is 2.32. The zero-order chi connectivity index (χ0) is 13.0. The van der Waals surface area contributed by atoms with E-state index in [0.717, 1.165) is 18.3 Å². The normalized spacial score (nSPS) is 10.8. The molecule has 5 heteroatoms. The highest BCUT2D eigenvalue weighted by Crippen LogP contribution is 2.13. The number of benzene rings is 1. The van der Waals surface area contributed by atoms with E-state index in [1.54, 1.807) is 17.0 Å². The summed E-state index contributed by atoms with van der Waals surface area (Å²) in [5.41, 5.74) is 1.20. The van der Waals surface area contributed by atoms with Gasteiger partial charge in [0.25, 0.3) is 0 Å². The van der Waals surface area contributed by atoms with Crippen molar-refractivity contribution in [2.24, 2.45) is 0 Å². The predicted molar refractivity (Wildman–Crippen MR) is 65.1 cm³/mol. The van der Waals surface area contributed by atoms with Gasteiger partial charge in [0.05, 0.1) is 18.6 Å². The van der Waals surface area contributed by atoms with Crippen LogP contribution in [-0.2, 0) is 13.1 Å². The lowest BCUT2D eigenvalue weighted by Gasteiger charge is -2.04. The molecule has 0 radical (unpaired) electrons. The summed E-state index contributed by atoms with van der Waals surface area (Å²) >= 11 is 0. The molecule has 1 heterocycles. The summed E-state index contributed by atoms with van der Waals surface area (Å²) in [5.74, 6) is -1.61. The van der Waals surface area contributed by atoms with Crippen LogP contribution in [0.5, 0.6) is 0 Å². The lowest BCUT2D eigenvalue weighted by Crippen LogP contribution is -2.11. The van der Waals surface area contributed by atoms with Crippen molar-refractivity contribution in [3.63, 3.8) is 0 Å². The van der Waals surface area contributed by atoms with E-state index < -0.39 is 11.6 Å². The van der Waals surface area contributed by atoms with Gasteiger partial charge >= 0.3 is 0 Å². The zero-order valence-electron chi connectivity index (χ0n) is 10.2. The molecule has 0 unspecified atom stereocenters. The van der Waals surface area contributed by atoms with Gasteiger partial charge in [-0.05, 0) is 12.6 Å². The quantitative estimate of drug-likeness (QED) is 0.883. The minimum atomic E-state index is -0.819. The molecule has 1 N–H and O–H groups in total. The number of imidazole rings is 1. The molecule has 0 aliphatic heterocycles. The Balaban J connectivity index is 2.09.